The second kappa shape index (κ2) is 3.16. The van der Waals surface area contributed by atoms with Gasteiger partial charge < -0.3 is 10.2 Å². The van der Waals surface area contributed by atoms with E-state index in [1.165, 1.54) is 22.5 Å². The van der Waals surface area contributed by atoms with E-state index in [-0.39, 0.29) is 5.54 Å². The lowest BCUT2D eigenvalue weighted by molar-refractivity contribution is 0.502. The number of anilines is 2. The summed E-state index contributed by atoms with van der Waals surface area (Å²) in [5, 5.41) is 3.54. The summed E-state index contributed by atoms with van der Waals surface area (Å²) in [6.07, 6.45) is 0. The minimum absolute atomic E-state index is 0.188. The number of nitrogens with zero attached hydrogens (tertiary/aromatic N) is 1. The molecule has 1 aromatic rings. The standard InChI is InChI=1S/C13H20N2/c1-9-6-10(2)12-11(7-9)15(5)13(3,4)8-14-12/h6-7,14H,8H2,1-5H3. The number of fused-ring (bicyclic) bond motifs is 1. The van der Waals surface area contributed by atoms with Crippen molar-refractivity contribution < 1.29 is 0 Å². The van der Waals surface area contributed by atoms with Gasteiger partial charge in [-0.3, -0.25) is 0 Å². The van der Waals surface area contributed by atoms with Crippen LogP contribution in [0.3, 0.4) is 0 Å². The van der Waals surface area contributed by atoms with Crippen molar-refractivity contribution in [3.63, 3.8) is 0 Å². The monoisotopic (exact) mass is 204 g/mol. The third kappa shape index (κ3) is 1.58. The van der Waals surface area contributed by atoms with E-state index < -0.39 is 0 Å². The Kier molecular flexibility index (Phi) is 2.18. The maximum absolute atomic E-state index is 3.54. The van der Waals surface area contributed by atoms with Crippen LogP contribution in [0.5, 0.6) is 0 Å². The van der Waals surface area contributed by atoms with Gasteiger partial charge in [0.1, 0.15) is 0 Å². The lowest BCUT2D eigenvalue weighted by Gasteiger charge is -2.43. The summed E-state index contributed by atoms with van der Waals surface area (Å²) in [6.45, 7) is 9.86. The first-order valence-electron chi connectivity index (χ1n) is 5.51. The Hall–Kier alpha value is -1.18. The minimum Gasteiger partial charge on any atom is -0.381 e. The van der Waals surface area contributed by atoms with E-state index in [0.717, 1.165) is 6.54 Å². The molecule has 0 saturated carbocycles. The lowest BCUT2D eigenvalue weighted by Crippen LogP contribution is -2.50. The normalized spacial score (nSPS) is 18.3. The first-order chi connectivity index (χ1) is 6.92. The SMILES string of the molecule is Cc1cc(C)c2c(c1)N(C)C(C)(C)CN2. The van der Waals surface area contributed by atoms with Crippen LogP contribution in [0.1, 0.15) is 25.0 Å². The van der Waals surface area contributed by atoms with Crippen LogP contribution in [0.4, 0.5) is 11.4 Å². The van der Waals surface area contributed by atoms with Crippen LogP contribution in [0.2, 0.25) is 0 Å². The Morgan fingerprint density at radius 3 is 2.60 bits per heavy atom. The van der Waals surface area contributed by atoms with Crippen LogP contribution in [0.25, 0.3) is 0 Å². The molecule has 0 radical (unpaired) electrons. The lowest BCUT2D eigenvalue weighted by atomic mass is 9.96. The minimum atomic E-state index is 0.188. The third-order valence-electron chi connectivity index (χ3n) is 3.43. The molecule has 82 valence electrons. The Morgan fingerprint density at radius 2 is 1.93 bits per heavy atom. The molecule has 1 aliphatic heterocycles. The predicted molar refractivity (Wildman–Crippen MR) is 66.9 cm³/mol. The van der Waals surface area contributed by atoms with E-state index in [1.807, 2.05) is 0 Å². The molecule has 0 atom stereocenters. The van der Waals surface area contributed by atoms with Gasteiger partial charge in [0.2, 0.25) is 0 Å². The van der Waals surface area contributed by atoms with Crippen LogP contribution in [0.15, 0.2) is 12.1 Å². The molecule has 0 aromatic heterocycles. The van der Waals surface area contributed by atoms with Gasteiger partial charge in [0, 0.05) is 13.6 Å². The fraction of sp³-hybridized carbons (Fsp3) is 0.538. The molecule has 0 unspecified atom stereocenters. The van der Waals surface area contributed by atoms with Gasteiger partial charge in [0.15, 0.2) is 0 Å². The van der Waals surface area contributed by atoms with E-state index >= 15 is 0 Å². The van der Waals surface area contributed by atoms with Gasteiger partial charge in [-0.1, -0.05) is 6.07 Å². The van der Waals surface area contributed by atoms with Crippen LogP contribution in [-0.4, -0.2) is 19.1 Å². The highest BCUT2D eigenvalue weighted by Crippen LogP contribution is 2.37. The summed E-state index contributed by atoms with van der Waals surface area (Å²) < 4.78 is 0. The summed E-state index contributed by atoms with van der Waals surface area (Å²) >= 11 is 0. The number of likely N-dealkylation sites (N-methyl/N-ethyl adjacent to an activating group) is 1. The molecule has 0 saturated heterocycles. The second-order valence-corrected chi connectivity index (χ2v) is 5.20. The van der Waals surface area contributed by atoms with Crippen molar-refractivity contribution in [3.05, 3.63) is 23.3 Å². The highest BCUT2D eigenvalue weighted by Gasteiger charge is 2.30. The number of hydrogen-bond acceptors (Lipinski definition) is 2. The van der Waals surface area contributed by atoms with Crippen molar-refractivity contribution in [1.29, 1.82) is 0 Å². The summed E-state index contributed by atoms with van der Waals surface area (Å²) in [5.74, 6) is 0. The molecule has 15 heavy (non-hydrogen) atoms. The number of nitrogens with one attached hydrogen (secondary N) is 1. The van der Waals surface area contributed by atoms with E-state index in [9.17, 15) is 0 Å². The van der Waals surface area contributed by atoms with Gasteiger partial charge in [-0.25, -0.2) is 0 Å². The van der Waals surface area contributed by atoms with Crippen LogP contribution in [-0.2, 0) is 0 Å². The smallest absolute Gasteiger partial charge is 0.0609 e. The third-order valence-corrected chi connectivity index (χ3v) is 3.43. The van der Waals surface area contributed by atoms with Crippen molar-refractivity contribution in [2.75, 3.05) is 23.8 Å². The fourth-order valence-corrected chi connectivity index (χ4v) is 2.19. The molecule has 1 aliphatic rings. The topological polar surface area (TPSA) is 15.3 Å². The molecule has 1 aromatic carbocycles. The first-order valence-corrected chi connectivity index (χ1v) is 5.51. The fourth-order valence-electron chi connectivity index (χ4n) is 2.19. The summed E-state index contributed by atoms with van der Waals surface area (Å²) in [6, 6.07) is 4.49. The maximum Gasteiger partial charge on any atom is 0.0609 e. The van der Waals surface area contributed by atoms with Crippen molar-refractivity contribution in [1.82, 2.24) is 0 Å². The van der Waals surface area contributed by atoms with Gasteiger partial charge >= 0.3 is 0 Å². The summed E-state index contributed by atoms with van der Waals surface area (Å²) in [4.78, 5) is 2.37. The molecule has 2 heteroatoms. The van der Waals surface area contributed by atoms with Gasteiger partial charge in [0.05, 0.1) is 16.9 Å². The Bertz CT molecular complexity index is 394. The molecule has 0 fully saturated rings. The van der Waals surface area contributed by atoms with E-state index in [4.69, 9.17) is 0 Å². The predicted octanol–water partition coefficient (Wildman–Crippen LogP) is 2.94. The number of rotatable bonds is 0. The molecule has 0 amide bonds. The highest BCUT2D eigenvalue weighted by molar-refractivity contribution is 5.77. The van der Waals surface area contributed by atoms with Crippen molar-refractivity contribution in [2.24, 2.45) is 0 Å². The molecular formula is C13H20N2. The highest BCUT2D eigenvalue weighted by atomic mass is 15.2. The van der Waals surface area contributed by atoms with Gasteiger partial charge in [0.25, 0.3) is 0 Å². The average Bonchev–Trinajstić information content (AvgIpc) is 2.12. The van der Waals surface area contributed by atoms with E-state index in [0.29, 0.717) is 0 Å². The molecule has 0 bridgehead atoms. The summed E-state index contributed by atoms with van der Waals surface area (Å²) in [5.41, 5.74) is 5.48. The Morgan fingerprint density at radius 1 is 1.27 bits per heavy atom. The number of benzene rings is 1. The molecule has 0 spiro atoms. The maximum atomic E-state index is 3.54. The zero-order valence-corrected chi connectivity index (χ0v) is 10.3. The molecule has 2 nitrogen and oxygen atoms in total. The van der Waals surface area contributed by atoms with E-state index in [1.54, 1.807) is 0 Å². The molecular weight excluding hydrogens is 184 g/mol. The van der Waals surface area contributed by atoms with Crippen LogP contribution < -0.4 is 10.2 Å². The Labute approximate surface area is 92.3 Å². The van der Waals surface area contributed by atoms with Gasteiger partial charge in [-0.05, 0) is 44.9 Å². The first kappa shape index (κ1) is 10.3. The molecule has 1 heterocycles. The van der Waals surface area contributed by atoms with E-state index in [2.05, 4.69) is 57.1 Å². The van der Waals surface area contributed by atoms with Crippen molar-refractivity contribution in [3.8, 4) is 0 Å². The van der Waals surface area contributed by atoms with Crippen LogP contribution >= 0.6 is 0 Å². The number of hydrogen-bond donors (Lipinski definition) is 1. The molecule has 0 aliphatic carbocycles. The van der Waals surface area contributed by atoms with Crippen molar-refractivity contribution in [2.45, 2.75) is 33.2 Å². The molecule has 2 rings (SSSR count). The largest absolute Gasteiger partial charge is 0.381 e. The summed E-state index contributed by atoms with van der Waals surface area (Å²) in [7, 11) is 2.18. The van der Waals surface area contributed by atoms with Crippen LogP contribution in [0, 0.1) is 13.8 Å². The zero-order valence-electron chi connectivity index (χ0n) is 10.3. The Balaban J connectivity index is 2.56. The van der Waals surface area contributed by atoms with Crippen molar-refractivity contribution >= 4 is 11.4 Å². The van der Waals surface area contributed by atoms with Gasteiger partial charge in [-0.15, -0.1) is 0 Å². The number of aryl methyl sites for hydroxylation is 2. The molecule has 1 N–H and O–H groups in total. The zero-order chi connectivity index (χ0) is 11.2. The van der Waals surface area contributed by atoms with Gasteiger partial charge in [-0.2, -0.15) is 0 Å². The quantitative estimate of drug-likeness (QED) is 0.699. The average molecular weight is 204 g/mol. The second-order valence-electron chi connectivity index (χ2n) is 5.20.